The zero-order valence-corrected chi connectivity index (χ0v) is 32.1. The maximum absolute atomic E-state index is 11.3. The fourth-order valence-corrected chi connectivity index (χ4v) is 8.37. The first kappa shape index (κ1) is 38.4. The predicted octanol–water partition coefficient (Wildman–Crippen LogP) is 8.22. The summed E-state index contributed by atoms with van der Waals surface area (Å²) in [5.74, 6) is 1.77. The summed E-state index contributed by atoms with van der Waals surface area (Å²) < 4.78 is 0. The lowest BCUT2D eigenvalue weighted by atomic mass is 10.0. The Balaban J connectivity index is 1.72. The molecule has 0 amide bonds. The fourth-order valence-electron chi connectivity index (χ4n) is 4.94. The highest BCUT2D eigenvalue weighted by atomic mass is 32.2. The topological polar surface area (TPSA) is 99.4 Å². The van der Waals surface area contributed by atoms with Crippen molar-refractivity contribution in [3.8, 4) is 0 Å². The molecule has 0 bridgehead atoms. The van der Waals surface area contributed by atoms with Crippen LogP contribution in [-0.4, -0.2) is 62.8 Å². The highest BCUT2D eigenvalue weighted by Crippen LogP contribution is 2.36. The molecular formula is C39H51N3O3S3. The Morgan fingerprint density at radius 2 is 0.646 bits per heavy atom. The predicted molar refractivity (Wildman–Crippen MR) is 202 cm³/mol. The summed E-state index contributed by atoms with van der Waals surface area (Å²) in [4.78, 5) is 18.1. The molecule has 1 heterocycles. The Hall–Kier alpha value is -2.40. The van der Waals surface area contributed by atoms with Crippen molar-refractivity contribution in [1.82, 2.24) is 15.0 Å². The second-order valence-corrected chi connectivity index (χ2v) is 18.2. The number of aliphatic hydroxyl groups is 3. The summed E-state index contributed by atoms with van der Waals surface area (Å²) >= 11 is 4.84. The Bertz CT molecular complexity index is 1400. The van der Waals surface area contributed by atoms with E-state index in [1.54, 1.807) is 35.3 Å². The molecule has 3 N–H and O–H groups in total. The summed E-state index contributed by atoms with van der Waals surface area (Å²) in [7, 11) is 0. The number of aryl methyl sites for hydroxylation is 3. The zero-order valence-electron chi connectivity index (χ0n) is 29.7. The summed E-state index contributed by atoms with van der Waals surface area (Å²) in [6, 6.07) is 24.9. The molecule has 0 aliphatic heterocycles. The second-order valence-electron chi connectivity index (χ2n) is 14.4. The minimum atomic E-state index is -1.02. The SMILES string of the molecule is Cc1ccc(SC(Cc2nc(CC(Sc3ccc(C)cc3)C(C)(C)O)nc(CC(Sc3ccc(C)cc3)C(C)(C)O)n2)C(C)(C)O)cc1. The van der Waals surface area contributed by atoms with Crippen molar-refractivity contribution in [3.63, 3.8) is 0 Å². The van der Waals surface area contributed by atoms with Gasteiger partial charge in [0, 0.05) is 49.7 Å². The van der Waals surface area contributed by atoms with E-state index in [1.807, 2.05) is 41.5 Å². The van der Waals surface area contributed by atoms with Crippen molar-refractivity contribution in [2.24, 2.45) is 0 Å². The van der Waals surface area contributed by atoms with Crippen LogP contribution in [0.5, 0.6) is 0 Å². The van der Waals surface area contributed by atoms with E-state index in [-0.39, 0.29) is 15.7 Å². The van der Waals surface area contributed by atoms with Crippen LogP contribution in [0.2, 0.25) is 0 Å². The van der Waals surface area contributed by atoms with Crippen LogP contribution in [0.3, 0.4) is 0 Å². The molecule has 9 heteroatoms. The van der Waals surface area contributed by atoms with Crippen molar-refractivity contribution in [3.05, 3.63) is 107 Å². The molecule has 4 rings (SSSR count). The maximum atomic E-state index is 11.3. The Labute approximate surface area is 300 Å². The average Bonchev–Trinajstić information content (AvgIpc) is 2.98. The molecule has 0 spiro atoms. The molecular weight excluding hydrogens is 655 g/mol. The number of benzene rings is 3. The van der Waals surface area contributed by atoms with Crippen LogP contribution < -0.4 is 0 Å². The van der Waals surface area contributed by atoms with Crippen LogP contribution >= 0.6 is 35.3 Å². The fraction of sp³-hybridized carbons (Fsp3) is 0.462. The minimum Gasteiger partial charge on any atom is -0.389 e. The van der Waals surface area contributed by atoms with Gasteiger partial charge in [0.15, 0.2) is 0 Å². The van der Waals surface area contributed by atoms with Gasteiger partial charge in [-0.2, -0.15) is 0 Å². The van der Waals surface area contributed by atoms with Crippen molar-refractivity contribution >= 4 is 35.3 Å². The quantitative estimate of drug-likeness (QED) is 0.106. The summed E-state index contributed by atoms with van der Waals surface area (Å²) in [5, 5.41) is 33.2. The number of hydrogen-bond acceptors (Lipinski definition) is 9. The first-order valence-corrected chi connectivity index (χ1v) is 19.1. The molecule has 0 saturated carbocycles. The normalized spacial score (nSPS) is 14.5. The number of thioether (sulfide) groups is 3. The molecule has 3 aromatic carbocycles. The smallest absolute Gasteiger partial charge is 0.133 e. The molecule has 3 unspecified atom stereocenters. The van der Waals surface area contributed by atoms with Crippen molar-refractivity contribution < 1.29 is 15.3 Å². The highest BCUT2D eigenvalue weighted by Gasteiger charge is 2.33. The maximum Gasteiger partial charge on any atom is 0.133 e. The lowest BCUT2D eigenvalue weighted by molar-refractivity contribution is 0.0765. The molecule has 0 fully saturated rings. The van der Waals surface area contributed by atoms with E-state index >= 15 is 0 Å². The van der Waals surface area contributed by atoms with Gasteiger partial charge in [0.25, 0.3) is 0 Å². The van der Waals surface area contributed by atoms with E-state index in [9.17, 15) is 15.3 Å². The average molecular weight is 706 g/mol. The standard InChI is InChI=1S/C39H51N3O3S3/c1-25-10-16-28(17-11-25)46-31(37(4,5)43)22-34-40-35(23-32(38(6,7)44)47-29-18-12-26(2)13-19-29)42-36(41-34)24-33(39(8,9)45)48-30-20-14-27(3)15-21-30/h10-21,31-33,43-45H,22-24H2,1-9H3. The molecule has 0 radical (unpaired) electrons. The van der Waals surface area contributed by atoms with Gasteiger partial charge in [-0.1, -0.05) is 53.1 Å². The zero-order chi connectivity index (χ0) is 35.3. The third kappa shape index (κ3) is 11.9. The molecule has 0 aliphatic carbocycles. The van der Waals surface area contributed by atoms with Crippen LogP contribution in [-0.2, 0) is 19.3 Å². The third-order valence-corrected chi connectivity index (χ3v) is 12.9. The van der Waals surface area contributed by atoms with Gasteiger partial charge < -0.3 is 15.3 Å². The molecule has 0 saturated heterocycles. The van der Waals surface area contributed by atoms with Crippen molar-refractivity contribution in [2.75, 3.05) is 0 Å². The monoisotopic (exact) mass is 705 g/mol. The van der Waals surface area contributed by atoms with Gasteiger partial charge in [0.05, 0.1) is 16.8 Å². The van der Waals surface area contributed by atoms with Crippen LogP contribution in [0.1, 0.15) is 75.7 Å². The van der Waals surface area contributed by atoms with Crippen molar-refractivity contribution in [2.45, 2.75) is 129 Å². The van der Waals surface area contributed by atoms with E-state index in [4.69, 9.17) is 15.0 Å². The van der Waals surface area contributed by atoms with E-state index in [2.05, 4.69) is 93.6 Å². The lowest BCUT2D eigenvalue weighted by Crippen LogP contribution is -2.38. The van der Waals surface area contributed by atoms with Gasteiger partial charge >= 0.3 is 0 Å². The lowest BCUT2D eigenvalue weighted by Gasteiger charge is -2.30. The molecule has 4 aromatic rings. The van der Waals surface area contributed by atoms with E-state index in [0.717, 1.165) is 14.7 Å². The summed E-state index contributed by atoms with van der Waals surface area (Å²) in [6.45, 7) is 17.1. The molecule has 258 valence electrons. The first-order chi connectivity index (χ1) is 22.3. The molecule has 3 atom stereocenters. The summed E-state index contributed by atoms with van der Waals surface area (Å²) in [6.07, 6.45) is 1.25. The van der Waals surface area contributed by atoms with Crippen LogP contribution in [0.15, 0.2) is 87.5 Å². The van der Waals surface area contributed by atoms with Gasteiger partial charge in [0.1, 0.15) is 17.5 Å². The second kappa shape index (κ2) is 16.1. The van der Waals surface area contributed by atoms with Gasteiger partial charge in [-0.25, -0.2) is 15.0 Å². The highest BCUT2D eigenvalue weighted by molar-refractivity contribution is 8.00. The van der Waals surface area contributed by atoms with E-state index in [1.165, 1.54) is 16.7 Å². The number of nitrogens with zero attached hydrogens (tertiary/aromatic N) is 3. The van der Waals surface area contributed by atoms with Crippen molar-refractivity contribution in [1.29, 1.82) is 0 Å². The van der Waals surface area contributed by atoms with Gasteiger partial charge in [-0.05, 0) is 98.7 Å². The molecule has 0 aliphatic rings. The number of rotatable bonds is 15. The number of aromatic nitrogens is 3. The largest absolute Gasteiger partial charge is 0.389 e. The Kier molecular flexibility index (Phi) is 12.9. The number of hydrogen-bond donors (Lipinski definition) is 3. The van der Waals surface area contributed by atoms with E-state index < -0.39 is 16.8 Å². The van der Waals surface area contributed by atoms with E-state index in [0.29, 0.717) is 36.7 Å². The summed E-state index contributed by atoms with van der Waals surface area (Å²) in [5.41, 5.74) is 0.491. The minimum absolute atomic E-state index is 0.234. The molecule has 48 heavy (non-hydrogen) atoms. The van der Waals surface area contributed by atoms with Crippen LogP contribution in [0.4, 0.5) is 0 Å². The van der Waals surface area contributed by atoms with Gasteiger partial charge in [-0.3, -0.25) is 0 Å². The molecule has 1 aromatic heterocycles. The third-order valence-electron chi connectivity index (χ3n) is 8.14. The van der Waals surface area contributed by atoms with Gasteiger partial charge in [0.2, 0.25) is 0 Å². The Morgan fingerprint density at radius 3 is 0.833 bits per heavy atom. The van der Waals surface area contributed by atoms with Crippen LogP contribution in [0, 0.1) is 20.8 Å². The first-order valence-electron chi connectivity index (χ1n) is 16.4. The van der Waals surface area contributed by atoms with Crippen LogP contribution in [0.25, 0.3) is 0 Å². The molecule has 6 nitrogen and oxygen atoms in total. The van der Waals surface area contributed by atoms with Gasteiger partial charge in [-0.15, -0.1) is 35.3 Å². The Morgan fingerprint density at radius 1 is 0.438 bits per heavy atom.